The van der Waals surface area contributed by atoms with Gasteiger partial charge in [-0.15, -0.1) is 0 Å². The molecule has 0 bridgehead atoms. The van der Waals surface area contributed by atoms with Crippen LogP contribution in [0.15, 0.2) is 47.4 Å². The molecule has 8 heteroatoms. The first-order valence-corrected chi connectivity index (χ1v) is 13.9. The second-order valence-corrected chi connectivity index (χ2v) is 11.2. The zero-order valence-electron chi connectivity index (χ0n) is 19.9. The lowest BCUT2D eigenvalue weighted by Crippen LogP contribution is -2.33. The lowest BCUT2D eigenvalue weighted by atomic mass is 10.1. The number of sulfonamides is 1. The fraction of sp³-hybridized carbons (Fsp3) is 0.500. The standard InChI is InChI=1S/C26H34N4O3S/c1-2-33-22-9-7-20(8-10-22)17-26-28-24-18-23(11-12-25(24)30(26)19-21-5-6-21)34(31,32)27-13-16-29-14-3-4-15-29/h7-12,18,21,27H,2-6,13-17,19H2,1H3. The van der Waals surface area contributed by atoms with Crippen molar-refractivity contribution in [3.8, 4) is 5.75 Å². The van der Waals surface area contributed by atoms with Crippen molar-refractivity contribution in [3.63, 3.8) is 0 Å². The molecule has 0 unspecified atom stereocenters. The molecular formula is C26H34N4O3S. The summed E-state index contributed by atoms with van der Waals surface area (Å²) in [5.41, 5.74) is 2.90. The van der Waals surface area contributed by atoms with Gasteiger partial charge in [0, 0.05) is 26.1 Å². The van der Waals surface area contributed by atoms with E-state index >= 15 is 0 Å². The zero-order valence-corrected chi connectivity index (χ0v) is 20.7. The Balaban J connectivity index is 1.37. The SMILES string of the molecule is CCOc1ccc(Cc2nc3cc(S(=O)(=O)NCCN4CCCC4)ccc3n2CC2CC2)cc1. The fourth-order valence-electron chi connectivity index (χ4n) is 4.70. The van der Waals surface area contributed by atoms with Crippen LogP contribution in [0.5, 0.6) is 5.75 Å². The van der Waals surface area contributed by atoms with Crippen LogP contribution in [-0.2, 0) is 23.0 Å². The van der Waals surface area contributed by atoms with Crippen LogP contribution in [0.2, 0.25) is 0 Å². The van der Waals surface area contributed by atoms with Gasteiger partial charge in [0.1, 0.15) is 11.6 Å². The van der Waals surface area contributed by atoms with Crippen molar-refractivity contribution in [1.29, 1.82) is 0 Å². The third-order valence-corrected chi connectivity index (χ3v) is 8.22. The Labute approximate surface area is 202 Å². The Bertz CT molecular complexity index is 1230. The maximum absolute atomic E-state index is 12.9. The van der Waals surface area contributed by atoms with E-state index in [4.69, 9.17) is 9.72 Å². The number of benzene rings is 2. The quantitative estimate of drug-likeness (QED) is 0.450. The van der Waals surface area contributed by atoms with Crippen molar-refractivity contribution in [2.24, 2.45) is 5.92 Å². The molecule has 2 fully saturated rings. The highest BCUT2D eigenvalue weighted by molar-refractivity contribution is 7.89. The Morgan fingerprint density at radius 2 is 1.85 bits per heavy atom. The van der Waals surface area contributed by atoms with Gasteiger partial charge < -0.3 is 14.2 Å². The number of nitrogens with one attached hydrogen (secondary N) is 1. The number of likely N-dealkylation sites (tertiary alicyclic amines) is 1. The van der Waals surface area contributed by atoms with E-state index in [1.807, 2.05) is 25.1 Å². The molecule has 182 valence electrons. The first-order chi connectivity index (χ1) is 16.5. The van der Waals surface area contributed by atoms with Crippen molar-refractivity contribution >= 4 is 21.1 Å². The van der Waals surface area contributed by atoms with Crippen molar-refractivity contribution < 1.29 is 13.2 Å². The van der Waals surface area contributed by atoms with E-state index < -0.39 is 10.0 Å². The minimum Gasteiger partial charge on any atom is -0.494 e. The molecule has 1 aliphatic heterocycles. The van der Waals surface area contributed by atoms with Gasteiger partial charge in [-0.3, -0.25) is 0 Å². The number of hydrogen-bond donors (Lipinski definition) is 1. The van der Waals surface area contributed by atoms with Crippen LogP contribution < -0.4 is 9.46 Å². The molecular weight excluding hydrogens is 448 g/mol. The third-order valence-electron chi connectivity index (χ3n) is 6.76. The van der Waals surface area contributed by atoms with Crippen molar-refractivity contribution in [3.05, 3.63) is 53.9 Å². The first-order valence-electron chi connectivity index (χ1n) is 12.4. The van der Waals surface area contributed by atoms with Gasteiger partial charge in [0.05, 0.1) is 22.5 Å². The summed E-state index contributed by atoms with van der Waals surface area (Å²) in [6.45, 7) is 6.86. The molecule has 0 amide bonds. The Morgan fingerprint density at radius 3 is 2.56 bits per heavy atom. The predicted molar refractivity (Wildman–Crippen MR) is 134 cm³/mol. The van der Waals surface area contributed by atoms with E-state index in [2.05, 4.69) is 26.3 Å². The third kappa shape index (κ3) is 5.45. The van der Waals surface area contributed by atoms with Gasteiger partial charge in [-0.05, 0) is 87.5 Å². The first kappa shape index (κ1) is 23.3. The summed E-state index contributed by atoms with van der Waals surface area (Å²) < 4.78 is 36.5. The van der Waals surface area contributed by atoms with Crippen LogP contribution in [0.3, 0.4) is 0 Å². The average Bonchev–Trinajstić information content (AvgIpc) is 3.38. The summed E-state index contributed by atoms with van der Waals surface area (Å²) >= 11 is 0. The lowest BCUT2D eigenvalue weighted by molar-refractivity contribution is 0.340. The maximum atomic E-state index is 12.9. The summed E-state index contributed by atoms with van der Waals surface area (Å²) in [5, 5.41) is 0. The molecule has 1 saturated carbocycles. The van der Waals surface area contributed by atoms with E-state index in [1.54, 1.807) is 12.1 Å². The number of hydrogen-bond acceptors (Lipinski definition) is 5. The molecule has 0 spiro atoms. The molecule has 1 N–H and O–H groups in total. The predicted octanol–water partition coefficient (Wildman–Crippen LogP) is 3.81. The van der Waals surface area contributed by atoms with E-state index in [9.17, 15) is 8.42 Å². The smallest absolute Gasteiger partial charge is 0.240 e. The minimum absolute atomic E-state index is 0.283. The Hall–Kier alpha value is -2.42. The number of aromatic nitrogens is 2. The van der Waals surface area contributed by atoms with Crippen molar-refractivity contribution in [2.45, 2.75) is 50.5 Å². The van der Waals surface area contributed by atoms with E-state index in [-0.39, 0.29) is 4.90 Å². The number of rotatable bonds is 11. The summed E-state index contributed by atoms with van der Waals surface area (Å²) in [4.78, 5) is 7.48. The van der Waals surface area contributed by atoms with E-state index in [1.165, 1.54) is 25.7 Å². The van der Waals surface area contributed by atoms with Gasteiger partial charge >= 0.3 is 0 Å². The Morgan fingerprint density at radius 1 is 1.09 bits per heavy atom. The summed E-state index contributed by atoms with van der Waals surface area (Å²) in [5.74, 6) is 2.53. The van der Waals surface area contributed by atoms with E-state index in [0.29, 0.717) is 25.5 Å². The highest BCUT2D eigenvalue weighted by atomic mass is 32.2. The van der Waals surface area contributed by atoms with Gasteiger partial charge in [-0.2, -0.15) is 0 Å². The fourth-order valence-corrected chi connectivity index (χ4v) is 5.75. The van der Waals surface area contributed by atoms with Crippen molar-refractivity contribution in [1.82, 2.24) is 19.2 Å². The monoisotopic (exact) mass is 482 g/mol. The molecule has 2 aliphatic rings. The second kappa shape index (κ2) is 10.1. The molecule has 2 aromatic carbocycles. The van der Waals surface area contributed by atoms with E-state index in [0.717, 1.165) is 54.3 Å². The highest BCUT2D eigenvalue weighted by Gasteiger charge is 2.25. The number of fused-ring (bicyclic) bond motifs is 1. The Kier molecular flexibility index (Phi) is 6.90. The summed E-state index contributed by atoms with van der Waals surface area (Å²) in [6.07, 6.45) is 5.59. The average molecular weight is 483 g/mol. The topological polar surface area (TPSA) is 76.5 Å². The number of imidazole rings is 1. The highest BCUT2D eigenvalue weighted by Crippen LogP contribution is 2.33. The minimum atomic E-state index is -3.57. The van der Waals surface area contributed by atoms with Crippen LogP contribution in [0, 0.1) is 5.92 Å². The zero-order chi connectivity index (χ0) is 23.5. The summed E-state index contributed by atoms with van der Waals surface area (Å²) in [6, 6.07) is 13.5. The number of ether oxygens (including phenoxy) is 1. The van der Waals surface area contributed by atoms with Crippen LogP contribution in [0.4, 0.5) is 0 Å². The summed E-state index contributed by atoms with van der Waals surface area (Å²) in [7, 11) is -3.57. The van der Waals surface area contributed by atoms with Gasteiger partial charge in [0.15, 0.2) is 0 Å². The van der Waals surface area contributed by atoms with Crippen LogP contribution in [0.1, 0.15) is 44.0 Å². The maximum Gasteiger partial charge on any atom is 0.240 e. The molecule has 0 radical (unpaired) electrons. The molecule has 1 saturated heterocycles. The number of nitrogens with zero attached hydrogens (tertiary/aromatic N) is 3. The molecule has 2 heterocycles. The van der Waals surface area contributed by atoms with Crippen molar-refractivity contribution in [2.75, 3.05) is 32.8 Å². The van der Waals surface area contributed by atoms with Crippen LogP contribution >= 0.6 is 0 Å². The molecule has 1 aliphatic carbocycles. The molecule has 7 nitrogen and oxygen atoms in total. The normalized spacial score (nSPS) is 17.0. The molecule has 5 rings (SSSR count). The molecule has 1 aromatic heterocycles. The lowest BCUT2D eigenvalue weighted by Gasteiger charge is -2.15. The van der Waals surface area contributed by atoms with Crippen LogP contribution in [-0.4, -0.2) is 55.7 Å². The van der Waals surface area contributed by atoms with Gasteiger partial charge in [-0.1, -0.05) is 12.1 Å². The molecule has 0 atom stereocenters. The van der Waals surface area contributed by atoms with Gasteiger partial charge in [-0.25, -0.2) is 18.1 Å². The second-order valence-electron chi connectivity index (χ2n) is 9.43. The largest absolute Gasteiger partial charge is 0.494 e. The van der Waals surface area contributed by atoms with Gasteiger partial charge in [0.2, 0.25) is 10.0 Å². The van der Waals surface area contributed by atoms with Crippen LogP contribution in [0.25, 0.3) is 11.0 Å². The molecule has 34 heavy (non-hydrogen) atoms. The molecule has 3 aromatic rings. The van der Waals surface area contributed by atoms with Gasteiger partial charge in [0.25, 0.3) is 0 Å².